The first-order valence-corrected chi connectivity index (χ1v) is 11.0. The van der Waals surface area contributed by atoms with Crippen molar-refractivity contribution in [2.75, 3.05) is 0 Å². The summed E-state index contributed by atoms with van der Waals surface area (Å²) in [6.45, 7) is 2.28. The molecule has 0 amide bonds. The molecule has 3 heteroatoms. The Morgan fingerprint density at radius 1 is 0.520 bits per heavy atom. The topological polar surface area (TPSA) is 37.3 Å². The second-order valence-electron chi connectivity index (χ2n) is 7.51. The maximum Gasteiger partial charge on any atom is 0.303 e. The predicted molar refractivity (Wildman–Crippen MR) is 106 cm³/mol. The molecule has 0 aromatic rings. The van der Waals surface area contributed by atoms with Gasteiger partial charge in [0.25, 0.3) is 0 Å². The van der Waals surface area contributed by atoms with Crippen LogP contribution in [-0.2, 0) is 22.2 Å². The summed E-state index contributed by atoms with van der Waals surface area (Å²) in [5.41, 5.74) is 0. The van der Waals surface area contributed by atoms with Crippen molar-refractivity contribution in [3.05, 3.63) is 0 Å². The van der Waals surface area contributed by atoms with Gasteiger partial charge in [-0.1, -0.05) is 122 Å². The van der Waals surface area contributed by atoms with Gasteiger partial charge in [0.2, 0.25) is 0 Å². The largest absolute Gasteiger partial charge is 0.481 e. The van der Waals surface area contributed by atoms with Gasteiger partial charge in [-0.25, -0.2) is 0 Å². The molecular formula is C22H44CrO2. The second-order valence-corrected chi connectivity index (χ2v) is 7.51. The molecule has 0 aliphatic heterocycles. The van der Waals surface area contributed by atoms with Gasteiger partial charge in [0, 0.05) is 23.8 Å². The van der Waals surface area contributed by atoms with Crippen LogP contribution in [0.5, 0.6) is 0 Å². The van der Waals surface area contributed by atoms with Gasteiger partial charge in [-0.3, -0.25) is 4.79 Å². The Morgan fingerprint density at radius 3 is 1.00 bits per heavy atom. The summed E-state index contributed by atoms with van der Waals surface area (Å²) in [6.07, 6.45) is 26.1. The average Bonchev–Trinajstić information content (AvgIpc) is 2.56. The summed E-state index contributed by atoms with van der Waals surface area (Å²) in [5.74, 6) is -0.651. The fraction of sp³-hybridized carbons (Fsp3) is 0.955. The van der Waals surface area contributed by atoms with Gasteiger partial charge in [0.1, 0.15) is 0 Å². The third-order valence-corrected chi connectivity index (χ3v) is 4.99. The van der Waals surface area contributed by atoms with Crippen molar-refractivity contribution in [2.24, 2.45) is 0 Å². The fourth-order valence-electron chi connectivity index (χ4n) is 3.35. The van der Waals surface area contributed by atoms with E-state index in [1.165, 1.54) is 109 Å². The molecular weight excluding hydrogens is 348 g/mol. The van der Waals surface area contributed by atoms with Crippen molar-refractivity contribution in [1.82, 2.24) is 0 Å². The van der Waals surface area contributed by atoms with E-state index in [9.17, 15) is 4.79 Å². The minimum atomic E-state index is -0.651. The summed E-state index contributed by atoms with van der Waals surface area (Å²) in [5, 5.41) is 8.56. The third-order valence-electron chi connectivity index (χ3n) is 4.99. The number of aliphatic carboxylic acids is 1. The number of carboxylic acid groups (broad SMARTS) is 1. The molecule has 0 aromatic heterocycles. The Bertz CT molecular complexity index is 256. The van der Waals surface area contributed by atoms with Crippen molar-refractivity contribution in [2.45, 2.75) is 135 Å². The van der Waals surface area contributed by atoms with Crippen molar-refractivity contribution in [3.8, 4) is 0 Å². The predicted octanol–water partition coefficient (Wildman–Crippen LogP) is 7.89. The van der Waals surface area contributed by atoms with Gasteiger partial charge >= 0.3 is 5.97 Å². The molecule has 1 N–H and O–H groups in total. The number of carboxylic acids is 1. The van der Waals surface area contributed by atoms with Gasteiger partial charge in [0.15, 0.2) is 0 Å². The zero-order valence-corrected chi connectivity index (χ0v) is 18.2. The number of hydrogen-bond donors (Lipinski definition) is 1. The number of rotatable bonds is 20. The Morgan fingerprint density at radius 2 is 0.760 bits per heavy atom. The Hall–Kier alpha value is 0.00247. The molecule has 0 atom stereocenters. The molecule has 2 nitrogen and oxygen atoms in total. The zero-order valence-electron chi connectivity index (χ0n) is 16.9. The maximum atomic E-state index is 10.4. The first-order valence-electron chi connectivity index (χ1n) is 11.0. The molecule has 0 saturated heterocycles. The summed E-state index contributed by atoms with van der Waals surface area (Å²) in [6, 6.07) is 0. The van der Waals surface area contributed by atoms with Crippen LogP contribution in [-0.4, -0.2) is 11.1 Å². The SMILES string of the molecule is CCCCCCCCCCCCCCCCCCCCCC(=O)O.[Cr]. The van der Waals surface area contributed by atoms with Crippen LogP contribution < -0.4 is 0 Å². The molecule has 0 fully saturated rings. The van der Waals surface area contributed by atoms with Crippen LogP contribution in [0.1, 0.15) is 135 Å². The van der Waals surface area contributed by atoms with Crippen molar-refractivity contribution in [3.63, 3.8) is 0 Å². The Labute approximate surface area is 168 Å². The molecule has 0 aromatic carbocycles. The first-order chi connectivity index (χ1) is 11.8. The van der Waals surface area contributed by atoms with Crippen LogP contribution >= 0.6 is 0 Å². The molecule has 150 valence electrons. The average molecular weight is 393 g/mol. The minimum Gasteiger partial charge on any atom is -0.481 e. The molecule has 0 aliphatic carbocycles. The van der Waals surface area contributed by atoms with E-state index in [4.69, 9.17) is 5.11 Å². The second kappa shape index (κ2) is 24.0. The molecule has 0 saturated carbocycles. The van der Waals surface area contributed by atoms with E-state index < -0.39 is 5.97 Å². The van der Waals surface area contributed by atoms with Gasteiger partial charge in [-0.05, 0) is 6.42 Å². The van der Waals surface area contributed by atoms with Crippen molar-refractivity contribution >= 4 is 5.97 Å². The summed E-state index contributed by atoms with van der Waals surface area (Å²) >= 11 is 0. The standard InChI is InChI=1S/C22H44O2.Cr/c1-2-3-4-5-6-7-8-9-10-11-12-13-14-15-16-17-18-19-20-21-22(23)24;/h2-21H2,1H3,(H,23,24);. The molecule has 0 bridgehead atoms. The monoisotopic (exact) mass is 392 g/mol. The smallest absolute Gasteiger partial charge is 0.303 e. The van der Waals surface area contributed by atoms with E-state index in [0.717, 1.165) is 12.8 Å². The molecule has 0 radical (unpaired) electrons. The first kappa shape index (κ1) is 27.2. The van der Waals surface area contributed by atoms with Crippen LogP contribution in [0.15, 0.2) is 0 Å². The van der Waals surface area contributed by atoms with Gasteiger partial charge in [-0.15, -0.1) is 0 Å². The van der Waals surface area contributed by atoms with E-state index in [1.54, 1.807) is 0 Å². The number of unbranched alkanes of at least 4 members (excludes halogenated alkanes) is 18. The van der Waals surface area contributed by atoms with Crippen LogP contribution in [0.3, 0.4) is 0 Å². The molecule has 0 spiro atoms. The number of hydrogen-bond acceptors (Lipinski definition) is 1. The summed E-state index contributed by atoms with van der Waals surface area (Å²) in [4.78, 5) is 10.4. The van der Waals surface area contributed by atoms with Crippen LogP contribution in [0.4, 0.5) is 0 Å². The summed E-state index contributed by atoms with van der Waals surface area (Å²) < 4.78 is 0. The zero-order chi connectivity index (χ0) is 17.7. The molecule has 25 heavy (non-hydrogen) atoms. The van der Waals surface area contributed by atoms with E-state index in [-0.39, 0.29) is 17.4 Å². The van der Waals surface area contributed by atoms with E-state index in [1.807, 2.05) is 0 Å². The maximum absolute atomic E-state index is 10.4. The van der Waals surface area contributed by atoms with E-state index >= 15 is 0 Å². The van der Waals surface area contributed by atoms with Gasteiger partial charge < -0.3 is 5.11 Å². The normalized spacial score (nSPS) is 10.6. The van der Waals surface area contributed by atoms with Gasteiger partial charge in [0.05, 0.1) is 0 Å². The van der Waals surface area contributed by atoms with Crippen LogP contribution in [0, 0.1) is 0 Å². The van der Waals surface area contributed by atoms with Crippen molar-refractivity contribution in [1.29, 1.82) is 0 Å². The Kier molecular flexibility index (Phi) is 26.1. The fourth-order valence-corrected chi connectivity index (χ4v) is 3.35. The summed E-state index contributed by atoms with van der Waals surface area (Å²) in [7, 11) is 0. The van der Waals surface area contributed by atoms with Crippen LogP contribution in [0.2, 0.25) is 0 Å². The van der Waals surface area contributed by atoms with Crippen molar-refractivity contribution < 1.29 is 27.3 Å². The molecule has 0 aliphatic rings. The molecule has 0 rings (SSSR count). The minimum absolute atomic E-state index is 0. The molecule has 0 heterocycles. The van der Waals surface area contributed by atoms with E-state index in [2.05, 4.69) is 6.92 Å². The molecule has 0 unspecified atom stereocenters. The van der Waals surface area contributed by atoms with Crippen LogP contribution in [0.25, 0.3) is 0 Å². The third kappa shape index (κ3) is 26.3. The number of carbonyl (C=O) groups is 1. The quantitative estimate of drug-likeness (QED) is 0.214. The van der Waals surface area contributed by atoms with Gasteiger partial charge in [-0.2, -0.15) is 0 Å². The van der Waals surface area contributed by atoms with E-state index in [0.29, 0.717) is 6.42 Å². The Balaban J connectivity index is 0.